The highest BCUT2D eigenvalue weighted by molar-refractivity contribution is 5.24. The van der Waals surface area contributed by atoms with Crippen molar-refractivity contribution in [1.82, 2.24) is 0 Å². The molecule has 12 heavy (non-hydrogen) atoms. The number of methoxy groups -OCH3 is 1. The number of fused-ring (bicyclic) bond motifs is 5. The lowest BCUT2D eigenvalue weighted by Crippen LogP contribution is -2.25. The lowest BCUT2D eigenvalue weighted by Gasteiger charge is -2.24. The maximum absolute atomic E-state index is 5.46. The molecule has 0 amide bonds. The van der Waals surface area contributed by atoms with Crippen molar-refractivity contribution in [3.05, 3.63) is 24.3 Å². The summed E-state index contributed by atoms with van der Waals surface area (Å²) in [5.74, 6) is 3.20. The first-order chi connectivity index (χ1) is 5.90. The van der Waals surface area contributed by atoms with Crippen LogP contribution < -0.4 is 0 Å². The van der Waals surface area contributed by atoms with Gasteiger partial charge in [0.15, 0.2) is 0 Å². The topological polar surface area (TPSA) is 9.23 Å². The highest BCUT2D eigenvalue weighted by atomic mass is 16.5. The molecule has 0 aromatic carbocycles. The van der Waals surface area contributed by atoms with Crippen molar-refractivity contribution in [2.24, 2.45) is 23.7 Å². The SMILES string of the molecule is CO[C@@H]1C=C[C@H]2[C@@H]1[C@H]1C=C[C@@H]2C1. The lowest BCUT2D eigenvalue weighted by atomic mass is 9.84. The lowest BCUT2D eigenvalue weighted by molar-refractivity contribution is 0.0765. The molecule has 3 aliphatic rings. The Bertz CT molecular complexity index is 254. The number of hydrogen-bond donors (Lipinski definition) is 0. The second kappa shape index (κ2) is 2.23. The standard InChI is InChI=1S/C11H14O/c1-12-10-5-4-9-7-2-3-8(6-7)11(9)10/h2-5,7-11H,6H2,1H3/t7-,8+,9-,10-,11+/m1/s1. The van der Waals surface area contributed by atoms with Gasteiger partial charge in [-0.25, -0.2) is 0 Å². The third kappa shape index (κ3) is 0.680. The van der Waals surface area contributed by atoms with Crippen molar-refractivity contribution in [3.8, 4) is 0 Å². The summed E-state index contributed by atoms with van der Waals surface area (Å²) in [6, 6.07) is 0. The molecule has 0 N–H and O–H groups in total. The predicted molar refractivity (Wildman–Crippen MR) is 47.7 cm³/mol. The van der Waals surface area contributed by atoms with Gasteiger partial charge in [0.25, 0.3) is 0 Å². The Kier molecular flexibility index (Phi) is 1.28. The highest BCUT2D eigenvalue weighted by Gasteiger charge is 2.48. The molecular weight excluding hydrogens is 148 g/mol. The van der Waals surface area contributed by atoms with E-state index in [0.29, 0.717) is 6.10 Å². The molecular formula is C11H14O. The molecule has 2 bridgehead atoms. The fraction of sp³-hybridized carbons (Fsp3) is 0.636. The number of ether oxygens (including phenoxy) is 1. The molecule has 0 saturated heterocycles. The molecule has 64 valence electrons. The number of hydrogen-bond acceptors (Lipinski definition) is 1. The van der Waals surface area contributed by atoms with Crippen molar-refractivity contribution < 1.29 is 4.74 Å². The molecule has 0 aliphatic heterocycles. The van der Waals surface area contributed by atoms with Crippen molar-refractivity contribution in [2.45, 2.75) is 12.5 Å². The van der Waals surface area contributed by atoms with Gasteiger partial charge in [0.05, 0.1) is 6.10 Å². The molecule has 0 aromatic heterocycles. The van der Waals surface area contributed by atoms with Gasteiger partial charge in [0.1, 0.15) is 0 Å². The fourth-order valence-electron chi connectivity index (χ4n) is 3.23. The van der Waals surface area contributed by atoms with Gasteiger partial charge in [-0.05, 0) is 24.2 Å². The van der Waals surface area contributed by atoms with E-state index in [1.54, 1.807) is 0 Å². The molecule has 3 aliphatic carbocycles. The Morgan fingerprint density at radius 2 is 1.92 bits per heavy atom. The summed E-state index contributed by atoms with van der Waals surface area (Å²) in [7, 11) is 1.83. The van der Waals surface area contributed by atoms with Crippen molar-refractivity contribution in [1.29, 1.82) is 0 Å². The third-order valence-corrected chi connectivity index (χ3v) is 3.76. The molecule has 0 aromatic rings. The molecule has 3 rings (SSSR count). The van der Waals surface area contributed by atoms with Crippen LogP contribution in [-0.2, 0) is 4.74 Å². The Labute approximate surface area is 73.1 Å². The largest absolute Gasteiger partial charge is 0.377 e. The third-order valence-electron chi connectivity index (χ3n) is 3.76. The van der Waals surface area contributed by atoms with Crippen LogP contribution in [0.4, 0.5) is 0 Å². The van der Waals surface area contributed by atoms with Crippen LogP contribution in [0.2, 0.25) is 0 Å². The van der Waals surface area contributed by atoms with Crippen LogP contribution in [0.5, 0.6) is 0 Å². The molecule has 0 heterocycles. The Balaban J connectivity index is 1.94. The smallest absolute Gasteiger partial charge is 0.0791 e. The average Bonchev–Trinajstić information content (AvgIpc) is 2.76. The van der Waals surface area contributed by atoms with Gasteiger partial charge in [0, 0.05) is 13.0 Å². The quantitative estimate of drug-likeness (QED) is 0.536. The predicted octanol–water partition coefficient (Wildman–Crippen LogP) is 2.01. The molecule has 1 fully saturated rings. The fourth-order valence-corrected chi connectivity index (χ4v) is 3.23. The van der Waals surface area contributed by atoms with E-state index < -0.39 is 0 Å². The minimum absolute atomic E-state index is 0.398. The van der Waals surface area contributed by atoms with E-state index in [9.17, 15) is 0 Å². The summed E-state index contributed by atoms with van der Waals surface area (Å²) in [4.78, 5) is 0. The summed E-state index contributed by atoms with van der Waals surface area (Å²) < 4.78 is 5.46. The summed E-state index contributed by atoms with van der Waals surface area (Å²) in [6.07, 6.45) is 11.2. The zero-order valence-electron chi connectivity index (χ0n) is 7.31. The Hall–Kier alpha value is -0.560. The second-order valence-electron chi connectivity index (χ2n) is 4.19. The average molecular weight is 162 g/mol. The van der Waals surface area contributed by atoms with Gasteiger partial charge >= 0.3 is 0 Å². The van der Waals surface area contributed by atoms with Crippen LogP contribution in [0.1, 0.15) is 6.42 Å². The zero-order valence-corrected chi connectivity index (χ0v) is 7.31. The van der Waals surface area contributed by atoms with Crippen LogP contribution in [0, 0.1) is 23.7 Å². The van der Waals surface area contributed by atoms with E-state index in [0.717, 1.165) is 23.7 Å². The molecule has 0 unspecified atom stereocenters. The summed E-state index contributed by atoms with van der Waals surface area (Å²) in [6.45, 7) is 0. The number of allylic oxidation sites excluding steroid dienone is 3. The van der Waals surface area contributed by atoms with E-state index in [-0.39, 0.29) is 0 Å². The first kappa shape index (κ1) is 6.90. The molecule has 5 atom stereocenters. The molecule has 1 heteroatoms. The van der Waals surface area contributed by atoms with Crippen LogP contribution in [0.3, 0.4) is 0 Å². The van der Waals surface area contributed by atoms with Crippen LogP contribution >= 0.6 is 0 Å². The van der Waals surface area contributed by atoms with E-state index in [4.69, 9.17) is 4.74 Å². The minimum atomic E-state index is 0.398. The summed E-state index contributed by atoms with van der Waals surface area (Å²) in [5.41, 5.74) is 0. The molecule has 1 saturated carbocycles. The first-order valence-corrected chi connectivity index (χ1v) is 4.79. The Morgan fingerprint density at radius 3 is 2.75 bits per heavy atom. The monoisotopic (exact) mass is 162 g/mol. The van der Waals surface area contributed by atoms with E-state index in [2.05, 4.69) is 24.3 Å². The van der Waals surface area contributed by atoms with E-state index in [1.807, 2.05) is 7.11 Å². The normalized spacial score (nSPS) is 53.6. The van der Waals surface area contributed by atoms with Gasteiger partial charge in [-0.1, -0.05) is 24.3 Å². The summed E-state index contributed by atoms with van der Waals surface area (Å²) >= 11 is 0. The second-order valence-corrected chi connectivity index (χ2v) is 4.19. The minimum Gasteiger partial charge on any atom is -0.377 e. The maximum Gasteiger partial charge on any atom is 0.0791 e. The van der Waals surface area contributed by atoms with Gasteiger partial charge in [-0.2, -0.15) is 0 Å². The van der Waals surface area contributed by atoms with Gasteiger partial charge < -0.3 is 4.74 Å². The maximum atomic E-state index is 5.46. The summed E-state index contributed by atoms with van der Waals surface area (Å²) in [5, 5.41) is 0. The highest BCUT2D eigenvalue weighted by Crippen LogP contribution is 2.53. The Morgan fingerprint density at radius 1 is 1.08 bits per heavy atom. The van der Waals surface area contributed by atoms with Crippen molar-refractivity contribution >= 4 is 0 Å². The first-order valence-electron chi connectivity index (χ1n) is 4.79. The molecule has 1 nitrogen and oxygen atoms in total. The van der Waals surface area contributed by atoms with Crippen molar-refractivity contribution in [2.75, 3.05) is 7.11 Å². The van der Waals surface area contributed by atoms with Crippen LogP contribution in [0.15, 0.2) is 24.3 Å². The van der Waals surface area contributed by atoms with Gasteiger partial charge in [-0.3, -0.25) is 0 Å². The van der Waals surface area contributed by atoms with E-state index >= 15 is 0 Å². The van der Waals surface area contributed by atoms with Crippen molar-refractivity contribution in [3.63, 3.8) is 0 Å². The van der Waals surface area contributed by atoms with E-state index in [1.165, 1.54) is 6.42 Å². The molecule has 0 radical (unpaired) electrons. The zero-order chi connectivity index (χ0) is 8.13. The molecule has 0 spiro atoms. The number of rotatable bonds is 1. The van der Waals surface area contributed by atoms with Gasteiger partial charge in [-0.15, -0.1) is 0 Å². The van der Waals surface area contributed by atoms with Gasteiger partial charge in [0.2, 0.25) is 0 Å². The van der Waals surface area contributed by atoms with Crippen LogP contribution in [-0.4, -0.2) is 13.2 Å². The van der Waals surface area contributed by atoms with Crippen LogP contribution in [0.25, 0.3) is 0 Å².